The molecule has 0 aliphatic carbocycles. The fourth-order valence-corrected chi connectivity index (χ4v) is 1.63. The highest BCUT2D eigenvalue weighted by molar-refractivity contribution is 5.49. The minimum Gasteiger partial charge on any atom is -0.370 e. The summed E-state index contributed by atoms with van der Waals surface area (Å²) in [5.74, 6) is 0.940. The molecule has 82 valence electrons. The third kappa shape index (κ3) is 1.80. The van der Waals surface area contributed by atoms with Crippen molar-refractivity contribution in [2.75, 3.05) is 18.5 Å². The Kier molecular flexibility index (Phi) is 2.83. The lowest BCUT2D eigenvalue weighted by molar-refractivity contribution is 0.133. The van der Waals surface area contributed by atoms with Crippen LogP contribution in [0.1, 0.15) is 18.2 Å². The average Bonchev–Trinajstić information content (AvgIpc) is 2.74. The molecular formula is C10H16N4O. The van der Waals surface area contributed by atoms with Gasteiger partial charge in [-0.05, 0) is 6.92 Å². The van der Waals surface area contributed by atoms with Gasteiger partial charge in [0.1, 0.15) is 12.1 Å². The van der Waals surface area contributed by atoms with Crippen molar-refractivity contribution >= 4 is 5.82 Å². The van der Waals surface area contributed by atoms with Crippen LogP contribution < -0.4 is 10.6 Å². The van der Waals surface area contributed by atoms with Crippen molar-refractivity contribution in [3.63, 3.8) is 0 Å². The summed E-state index contributed by atoms with van der Waals surface area (Å²) in [5, 5.41) is 0. The lowest BCUT2D eigenvalue weighted by Gasteiger charge is -2.26. The van der Waals surface area contributed by atoms with Gasteiger partial charge in [0, 0.05) is 25.2 Å². The van der Waals surface area contributed by atoms with Crippen LogP contribution in [0, 0.1) is 0 Å². The first kappa shape index (κ1) is 10.3. The standard InChI is InChI=1S/C10H16N4O/c1-7(3-11)14(2)10-8-4-15-5-9(8)12-6-13-10/h6-7H,3-5,11H2,1-2H3. The molecular weight excluding hydrogens is 192 g/mol. The van der Waals surface area contributed by atoms with E-state index in [4.69, 9.17) is 10.5 Å². The summed E-state index contributed by atoms with van der Waals surface area (Å²) in [6, 6.07) is 0.268. The molecule has 0 saturated carbocycles. The maximum atomic E-state index is 5.64. The number of nitrogens with zero attached hydrogens (tertiary/aromatic N) is 3. The van der Waals surface area contributed by atoms with Crippen molar-refractivity contribution < 1.29 is 4.74 Å². The van der Waals surface area contributed by atoms with Gasteiger partial charge in [-0.1, -0.05) is 0 Å². The van der Waals surface area contributed by atoms with Gasteiger partial charge in [0.2, 0.25) is 0 Å². The van der Waals surface area contributed by atoms with Gasteiger partial charge in [0.15, 0.2) is 0 Å². The summed E-state index contributed by atoms with van der Waals surface area (Å²) < 4.78 is 5.36. The predicted octanol–water partition coefficient (Wildman–Crippen LogP) is 0.290. The number of aromatic nitrogens is 2. The number of hydrogen-bond acceptors (Lipinski definition) is 5. The maximum absolute atomic E-state index is 5.64. The Balaban J connectivity index is 2.32. The van der Waals surface area contributed by atoms with E-state index in [0.29, 0.717) is 19.8 Å². The van der Waals surface area contributed by atoms with Crippen LogP contribution in [0.25, 0.3) is 0 Å². The minimum atomic E-state index is 0.268. The van der Waals surface area contributed by atoms with Crippen LogP contribution in [-0.4, -0.2) is 29.6 Å². The largest absolute Gasteiger partial charge is 0.370 e. The zero-order chi connectivity index (χ0) is 10.8. The molecule has 1 aromatic heterocycles. The summed E-state index contributed by atoms with van der Waals surface area (Å²) in [6.07, 6.45) is 1.59. The summed E-state index contributed by atoms with van der Waals surface area (Å²) in [7, 11) is 2.00. The van der Waals surface area contributed by atoms with Crippen LogP contribution in [0.5, 0.6) is 0 Å². The average molecular weight is 208 g/mol. The van der Waals surface area contributed by atoms with E-state index < -0.39 is 0 Å². The van der Waals surface area contributed by atoms with Crippen molar-refractivity contribution in [1.82, 2.24) is 9.97 Å². The minimum absolute atomic E-state index is 0.268. The molecule has 1 aliphatic heterocycles. The fourth-order valence-electron chi connectivity index (χ4n) is 1.63. The van der Waals surface area contributed by atoms with Gasteiger partial charge in [-0.2, -0.15) is 0 Å². The molecule has 0 radical (unpaired) electrons. The quantitative estimate of drug-likeness (QED) is 0.773. The maximum Gasteiger partial charge on any atom is 0.137 e. The number of nitrogens with two attached hydrogens (primary N) is 1. The van der Waals surface area contributed by atoms with Gasteiger partial charge in [-0.3, -0.25) is 0 Å². The topological polar surface area (TPSA) is 64.3 Å². The lowest BCUT2D eigenvalue weighted by atomic mass is 10.2. The molecule has 2 rings (SSSR count). The Morgan fingerprint density at radius 2 is 2.33 bits per heavy atom. The van der Waals surface area contributed by atoms with Crippen LogP contribution in [0.3, 0.4) is 0 Å². The number of ether oxygens (including phenoxy) is 1. The van der Waals surface area contributed by atoms with Gasteiger partial charge in [-0.15, -0.1) is 0 Å². The van der Waals surface area contributed by atoms with E-state index in [2.05, 4.69) is 21.8 Å². The molecule has 5 nitrogen and oxygen atoms in total. The highest BCUT2D eigenvalue weighted by Gasteiger charge is 2.21. The molecule has 15 heavy (non-hydrogen) atoms. The SMILES string of the molecule is CC(CN)N(C)c1ncnc2c1COC2. The number of rotatable bonds is 3. The van der Waals surface area contributed by atoms with Crippen molar-refractivity contribution in [3.8, 4) is 0 Å². The third-order valence-corrected chi connectivity index (χ3v) is 2.83. The Morgan fingerprint density at radius 3 is 3.07 bits per heavy atom. The zero-order valence-electron chi connectivity index (χ0n) is 9.10. The first-order chi connectivity index (χ1) is 7.24. The van der Waals surface area contributed by atoms with Crippen LogP contribution in [-0.2, 0) is 18.0 Å². The molecule has 5 heteroatoms. The van der Waals surface area contributed by atoms with E-state index in [9.17, 15) is 0 Å². The molecule has 0 saturated heterocycles. The van der Waals surface area contributed by atoms with E-state index in [1.54, 1.807) is 6.33 Å². The van der Waals surface area contributed by atoms with E-state index in [0.717, 1.165) is 17.1 Å². The fraction of sp³-hybridized carbons (Fsp3) is 0.600. The first-order valence-electron chi connectivity index (χ1n) is 5.07. The number of fused-ring (bicyclic) bond motifs is 1. The number of anilines is 1. The van der Waals surface area contributed by atoms with Crippen LogP contribution in [0.2, 0.25) is 0 Å². The van der Waals surface area contributed by atoms with E-state index >= 15 is 0 Å². The Labute approximate surface area is 89.3 Å². The third-order valence-electron chi connectivity index (χ3n) is 2.83. The highest BCUT2D eigenvalue weighted by atomic mass is 16.5. The normalized spacial score (nSPS) is 16.2. The second-order valence-corrected chi connectivity index (χ2v) is 3.81. The van der Waals surface area contributed by atoms with Crippen molar-refractivity contribution in [2.24, 2.45) is 5.73 Å². The summed E-state index contributed by atoms with van der Waals surface area (Å²) in [5.41, 5.74) is 7.73. The molecule has 0 spiro atoms. The lowest BCUT2D eigenvalue weighted by Crippen LogP contribution is -2.36. The summed E-state index contributed by atoms with van der Waals surface area (Å²) in [4.78, 5) is 10.6. The van der Waals surface area contributed by atoms with Gasteiger partial charge >= 0.3 is 0 Å². The van der Waals surface area contributed by atoms with Gasteiger partial charge in [0.05, 0.1) is 18.9 Å². The molecule has 0 aromatic carbocycles. The van der Waals surface area contributed by atoms with Crippen LogP contribution in [0.15, 0.2) is 6.33 Å². The molecule has 0 amide bonds. The van der Waals surface area contributed by atoms with Gasteiger partial charge in [-0.25, -0.2) is 9.97 Å². The molecule has 1 unspecified atom stereocenters. The second kappa shape index (κ2) is 4.12. The smallest absolute Gasteiger partial charge is 0.137 e. The molecule has 1 aliphatic rings. The molecule has 0 bridgehead atoms. The Hall–Kier alpha value is -1.20. The Morgan fingerprint density at radius 1 is 1.53 bits per heavy atom. The highest BCUT2D eigenvalue weighted by Crippen LogP contribution is 2.26. The zero-order valence-corrected chi connectivity index (χ0v) is 9.10. The van der Waals surface area contributed by atoms with Crippen LogP contribution >= 0.6 is 0 Å². The molecule has 0 fully saturated rings. The molecule has 2 N–H and O–H groups in total. The van der Waals surface area contributed by atoms with Crippen molar-refractivity contribution in [2.45, 2.75) is 26.2 Å². The molecule has 1 atom stereocenters. The van der Waals surface area contributed by atoms with Crippen molar-refractivity contribution in [3.05, 3.63) is 17.6 Å². The van der Waals surface area contributed by atoms with Gasteiger partial charge in [0.25, 0.3) is 0 Å². The molecule has 2 heterocycles. The van der Waals surface area contributed by atoms with Gasteiger partial charge < -0.3 is 15.4 Å². The van der Waals surface area contributed by atoms with E-state index in [1.807, 2.05) is 7.05 Å². The summed E-state index contributed by atoms with van der Waals surface area (Å²) >= 11 is 0. The predicted molar refractivity (Wildman–Crippen MR) is 57.4 cm³/mol. The van der Waals surface area contributed by atoms with E-state index in [-0.39, 0.29) is 6.04 Å². The monoisotopic (exact) mass is 208 g/mol. The first-order valence-corrected chi connectivity index (χ1v) is 5.07. The number of hydrogen-bond donors (Lipinski definition) is 1. The van der Waals surface area contributed by atoms with Crippen molar-refractivity contribution in [1.29, 1.82) is 0 Å². The van der Waals surface area contributed by atoms with Crippen LogP contribution in [0.4, 0.5) is 5.82 Å². The summed E-state index contributed by atoms with van der Waals surface area (Å²) in [6.45, 7) is 3.88. The van der Waals surface area contributed by atoms with E-state index in [1.165, 1.54) is 0 Å². The molecule has 1 aromatic rings. The second-order valence-electron chi connectivity index (χ2n) is 3.81. The Bertz CT molecular complexity index is 355. The number of likely N-dealkylation sites (N-methyl/N-ethyl adjacent to an activating group) is 1.